The number of rotatable bonds is 0. The molecule has 0 unspecified atom stereocenters. The first-order valence-corrected chi connectivity index (χ1v) is 4.54. The molecule has 0 saturated carbocycles. The van der Waals surface area contributed by atoms with Crippen molar-refractivity contribution in [2.24, 2.45) is 17.2 Å². The number of nitrogens with two attached hydrogens (primary N) is 3. The van der Waals surface area contributed by atoms with E-state index in [9.17, 15) is 0 Å². The Balaban J connectivity index is -0.0000000450. The minimum Gasteiger partial charge on any atom is -0.415 e. The quantitative estimate of drug-likeness (QED) is 0.352. The predicted octanol–water partition coefficient (Wildman–Crippen LogP) is -0.669. The topological polar surface area (TPSA) is 78.1 Å². The van der Waals surface area contributed by atoms with Crippen LogP contribution in [0.2, 0.25) is 0 Å². The van der Waals surface area contributed by atoms with E-state index in [1.54, 1.807) is 0 Å². The zero-order chi connectivity index (χ0) is 10.7. The third-order valence-corrected chi connectivity index (χ3v) is 0. The summed E-state index contributed by atoms with van der Waals surface area (Å²) in [6.07, 6.45) is 0. The molecule has 0 aromatic heterocycles. The van der Waals surface area contributed by atoms with Crippen LogP contribution in [0.15, 0.2) is 0 Å². The van der Waals surface area contributed by atoms with Gasteiger partial charge < -0.3 is 91.7 Å². The Bertz CT molecular complexity index is 121. The number of thiocarbonyl (C=S) groups is 3. The molecule has 3 nitrogen and oxygen atoms in total. The van der Waals surface area contributed by atoms with Crippen molar-refractivity contribution in [3.63, 3.8) is 0 Å². The number of hydrogen-bond acceptors (Lipinski definition) is 6. The first-order chi connectivity index (χ1) is 5.20. The maximum Gasteiger partial charge on any atom is 3.00 e. The van der Waals surface area contributed by atoms with Gasteiger partial charge in [0.05, 0.1) is 0 Å². The Labute approximate surface area is 144 Å². The van der Waals surface area contributed by atoms with Gasteiger partial charge in [0.2, 0.25) is 0 Å². The Morgan fingerprint density at radius 3 is 0.692 bits per heavy atom. The van der Waals surface area contributed by atoms with E-state index in [4.69, 9.17) is 0 Å². The summed E-state index contributed by atoms with van der Waals surface area (Å²) in [5.41, 5.74) is 14.0. The average Bonchev–Trinajstić information content (AvgIpc) is 1.54. The van der Waals surface area contributed by atoms with E-state index in [1.807, 2.05) is 0 Å². The second-order valence-corrected chi connectivity index (χ2v) is 4.37. The van der Waals surface area contributed by atoms with Crippen LogP contribution < -0.4 is 17.2 Å². The normalized spacial score (nSPS) is 5.54. The van der Waals surface area contributed by atoms with E-state index in [-0.39, 0.29) is 54.7 Å². The number of hydrogen-bond donors (Lipinski definition) is 3. The van der Waals surface area contributed by atoms with E-state index in [0.717, 1.165) is 0 Å². The zero-order valence-corrected chi connectivity index (χ0v) is 14.2. The Hall–Kier alpha value is 1.71. The van der Waals surface area contributed by atoms with Crippen molar-refractivity contribution in [1.82, 2.24) is 0 Å². The van der Waals surface area contributed by atoms with Gasteiger partial charge in [-0.05, 0) is 0 Å². The Kier molecular flexibility index (Phi) is 35.8. The molecule has 10 heteroatoms. The molecule has 6 N–H and O–H groups in total. The van der Waals surface area contributed by atoms with E-state index in [0.29, 0.717) is 0 Å². The minimum atomic E-state index is 0. The molecule has 13 heavy (non-hydrogen) atoms. The molecule has 0 atom stereocenters. The fourth-order valence-corrected chi connectivity index (χ4v) is 0. The van der Waals surface area contributed by atoms with Gasteiger partial charge in [-0.3, -0.25) is 0 Å². The van der Waals surface area contributed by atoms with Crippen LogP contribution in [0.1, 0.15) is 0 Å². The van der Waals surface area contributed by atoms with Gasteiger partial charge in [-0.25, -0.2) is 0 Å². The van der Waals surface area contributed by atoms with Crippen molar-refractivity contribution >= 4 is 87.5 Å². The van der Waals surface area contributed by atoms with Crippen LogP contribution in [-0.2, 0) is 37.9 Å². The van der Waals surface area contributed by atoms with Crippen molar-refractivity contribution in [1.29, 1.82) is 0 Å². The first kappa shape index (κ1) is 24.1. The van der Waals surface area contributed by atoms with Gasteiger partial charge in [-0.1, -0.05) is 13.0 Å². The minimum absolute atomic E-state index is 0. The molecule has 0 aromatic carbocycles. The summed E-state index contributed by atoms with van der Waals surface area (Å²) in [7, 11) is 0. The summed E-state index contributed by atoms with van der Waals surface area (Å²) >= 11 is 24.8. The maximum atomic E-state index is 4.66. The molecule has 0 spiro atoms. The fourth-order valence-electron chi connectivity index (χ4n) is 0. The van der Waals surface area contributed by atoms with Crippen molar-refractivity contribution in [3.05, 3.63) is 0 Å². The molecule has 0 aliphatic rings. The summed E-state index contributed by atoms with van der Waals surface area (Å²) in [6, 6.07) is 0. The second-order valence-electron chi connectivity index (χ2n) is 0.957. The van der Waals surface area contributed by atoms with Gasteiger partial charge in [0, 0.05) is 0 Å². The molecule has 0 heterocycles. The largest absolute Gasteiger partial charge is 3.00 e. The SMILES string of the molecule is NC(=S)[S-].NC(=S)[S-].NC(=S)[S-].[Ce+3]. The molecular formula is C3H6CeN3S6. The van der Waals surface area contributed by atoms with Gasteiger partial charge in [0.1, 0.15) is 0 Å². The van der Waals surface area contributed by atoms with Crippen molar-refractivity contribution < 1.29 is 41.7 Å². The Morgan fingerprint density at radius 1 is 0.692 bits per heavy atom. The molecule has 1 radical (unpaired) electrons. The van der Waals surface area contributed by atoms with E-state index < -0.39 is 0 Å². The van der Waals surface area contributed by atoms with Crippen LogP contribution in [0.4, 0.5) is 0 Å². The van der Waals surface area contributed by atoms with Gasteiger partial charge >= 0.3 is 41.7 Å². The first-order valence-electron chi connectivity index (χ1n) is 2.09. The maximum absolute atomic E-state index is 4.66. The van der Waals surface area contributed by atoms with Crippen LogP contribution >= 0.6 is 36.7 Å². The van der Waals surface area contributed by atoms with Crippen LogP contribution in [0, 0.1) is 41.7 Å². The van der Waals surface area contributed by atoms with E-state index in [1.165, 1.54) is 0 Å². The summed E-state index contributed by atoms with van der Waals surface area (Å²) in [5, 5.41) is 0. The molecule has 0 aliphatic heterocycles. The molecule has 0 bridgehead atoms. The zero-order valence-electron chi connectivity index (χ0n) is 6.18. The molecule has 0 fully saturated rings. The molecule has 0 amide bonds. The second kappa shape index (κ2) is 19.3. The Morgan fingerprint density at radius 2 is 0.692 bits per heavy atom. The van der Waals surface area contributed by atoms with Gasteiger partial charge in [-0.15, -0.1) is 0 Å². The third kappa shape index (κ3) is 645. The molecule has 73 valence electrons. The third-order valence-electron chi connectivity index (χ3n) is 0. The molecule has 0 rings (SSSR count). The predicted molar refractivity (Wildman–Crippen MR) is 72.5 cm³/mol. The fraction of sp³-hybridized carbons (Fsp3) is 0. The monoisotopic (exact) mass is 416 g/mol. The van der Waals surface area contributed by atoms with Crippen molar-refractivity contribution in [2.45, 2.75) is 0 Å². The summed E-state index contributed by atoms with van der Waals surface area (Å²) in [6.45, 7) is 0. The summed E-state index contributed by atoms with van der Waals surface area (Å²) in [4.78, 5) is 0. The molecular weight excluding hydrogens is 411 g/mol. The average molecular weight is 417 g/mol. The van der Waals surface area contributed by atoms with E-state index in [2.05, 4.69) is 91.7 Å². The summed E-state index contributed by atoms with van der Waals surface area (Å²) < 4.78 is 0.250. The van der Waals surface area contributed by atoms with Crippen LogP contribution in [0.5, 0.6) is 0 Å². The van der Waals surface area contributed by atoms with Gasteiger partial charge in [0.15, 0.2) is 0 Å². The molecule has 0 aromatic rings. The molecule has 0 aliphatic carbocycles. The van der Waals surface area contributed by atoms with Crippen LogP contribution in [0.3, 0.4) is 0 Å². The van der Waals surface area contributed by atoms with Crippen molar-refractivity contribution in [2.75, 3.05) is 0 Å². The van der Waals surface area contributed by atoms with Gasteiger partial charge in [0.25, 0.3) is 0 Å². The summed E-state index contributed by atoms with van der Waals surface area (Å²) in [5.74, 6) is 0. The van der Waals surface area contributed by atoms with Crippen molar-refractivity contribution in [3.8, 4) is 0 Å². The molecule has 0 saturated heterocycles. The standard InChI is InChI=1S/3CH3NS2.Ce/c3*2-1(3)4;/h3*(H3,2,3,4);/q;;;+3/p-3. The van der Waals surface area contributed by atoms with Gasteiger partial charge in [-0.2, -0.15) is 0 Å². The van der Waals surface area contributed by atoms with Crippen LogP contribution in [0.25, 0.3) is 0 Å². The smallest absolute Gasteiger partial charge is 0.415 e. The van der Waals surface area contributed by atoms with E-state index >= 15 is 0 Å². The van der Waals surface area contributed by atoms with Crippen LogP contribution in [-0.4, -0.2) is 13.0 Å².